The molecule has 0 bridgehead atoms. The molecule has 0 aromatic rings. The molecule has 6 nitrogen and oxygen atoms in total. The number of nitrogens with one attached hydrogen (secondary N) is 3. The third kappa shape index (κ3) is 6.37. The summed E-state index contributed by atoms with van der Waals surface area (Å²) >= 11 is 0. The van der Waals surface area contributed by atoms with Gasteiger partial charge in [0.2, 0.25) is 0 Å². The highest BCUT2D eigenvalue weighted by Gasteiger charge is 2.40. The summed E-state index contributed by atoms with van der Waals surface area (Å²) in [6.07, 6.45) is 16.2. The predicted octanol–water partition coefficient (Wildman–Crippen LogP) is 2.21. The van der Waals surface area contributed by atoms with Crippen LogP contribution in [0.15, 0.2) is 0 Å². The van der Waals surface area contributed by atoms with Gasteiger partial charge in [-0.2, -0.15) is 0 Å². The number of piperidine rings is 1. The average molecular weight is 409 g/mol. The molecule has 29 heavy (non-hydrogen) atoms. The van der Waals surface area contributed by atoms with Crippen molar-refractivity contribution in [2.24, 2.45) is 17.6 Å². The van der Waals surface area contributed by atoms with E-state index in [2.05, 4.69) is 16.0 Å². The molecule has 0 radical (unpaired) electrons. The van der Waals surface area contributed by atoms with Crippen LogP contribution in [0.3, 0.4) is 0 Å². The minimum Gasteiger partial charge on any atom is -0.378 e. The van der Waals surface area contributed by atoms with Crippen molar-refractivity contribution < 1.29 is 9.84 Å². The fraction of sp³-hybridized carbons (Fsp3) is 1.00. The van der Waals surface area contributed by atoms with E-state index in [-0.39, 0.29) is 12.5 Å². The number of aliphatic hydroxyl groups excluding tert-OH is 1. The maximum atomic E-state index is 10.6. The van der Waals surface area contributed by atoms with Gasteiger partial charge in [-0.15, -0.1) is 0 Å². The smallest absolute Gasteiger partial charge is 0.135 e. The van der Waals surface area contributed by atoms with Crippen molar-refractivity contribution in [2.45, 2.75) is 120 Å². The molecule has 2 aliphatic heterocycles. The molecule has 168 valence electrons. The van der Waals surface area contributed by atoms with Gasteiger partial charge in [0, 0.05) is 18.1 Å². The Balaban J connectivity index is 1.01. The van der Waals surface area contributed by atoms with Gasteiger partial charge in [0.1, 0.15) is 12.5 Å². The Morgan fingerprint density at radius 1 is 1.03 bits per heavy atom. The fourth-order valence-electron chi connectivity index (χ4n) is 5.95. The van der Waals surface area contributed by atoms with Crippen LogP contribution in [0, 0.1) is 11.8 Å². The summed E-state index contributed by atoms with van der Waals surface area (Å²) in [5, 5.41) is 21.2. The molecular formula is C23H44N4O2. The topological polar surface area (TPSA) is 94.9 Å². The summed E-state index contributed by atoms with van der Waals surface area (Å²) in [7, 11) is 0. The van der Waals surface area contributed by atoms with Gasteiger partial charge in [-0.25, -0.2) is 0 Å². The van der Waals surface area contributed by atoms with Gasteiger partial charge in [-0.05, 0) is 82.7 Å². The number of ether oxygens (including phenoxy) is 1. The highest BCUT2D eigenvalue weighted by atomic mass is 16.6. The first-order valence-electron chi connectivity index (χ1n) is 12.5. The lowest BCUT2D eigenvalue weighted by atomic mass is 9.74. The summed E-state index contributed by atoms with van der Waals surface area (Å²) < 4.78 is 5.81. The molecule has 6 heteroatoms. The molecular weight excluding hydrogens is 364 g/mol. The quantitative estimate of drug-likeness (QED) is 0.216. The maximum Gasteiger partial charge on any atom is 0.135 e. The van der Waals surface area contributed by atoms with Crippen molar-refractivity contribution >= 4 is 0 Å². The van der Waals surface area contributed by atoms with Gasteiger partial charge in [-0.3, -0.25) is 10.6 Å². The third-order valence-electron chi connectivity index (χ3n) is 7.94. The van der Waals surface area contributed by atoms with Crippen molar-refractivity contribution in [3.63, 3.8) is 0 Å². The zero-order valence-corrected chi connectivity index (χ0v) is 18.2. The zero-order valence-electron chi connectivity index (χ0n) is 18.2. The van der Waals surface area contributed by atoms with Crippen LogP contribution in [0.1, 0.15) is 83.5 Å². The van der Waals surface area contributed by atoms with Crippen LogP contribution < -0.4 is 21.7 Å². The van der Waals surface area contributed by atoms with Gasteiger partial charge >= 0.3 is 0 Å². The standard InChI is InChI=1S/C23H44N4O2/c24-18-8-3-4-9-19(18)27-23-21(29-23)10-2-1-5-13-26-22(28)17-12-11-16-7-6-14-25-20(16)15-17/h16-23,25-28H,1-15,24H2. The van der Waals surface area contributed by atoms with Gasteiger partial charge in [0.25, 0.3) is 0 Å². The molecule has 0 amide bonds. The molecule has 6 N–H and O–H groups in total. The first-order valence-corrected chi connectivity index (χ1v) is 12.5. The highest BCUT2D eigenvalue weighted by Crippen LogP contribution is 2.35. The van der Waals surface area contributed by atoms with Crippen LogP contribution in [0.4, 0.5) is 0 Å². The van der Waals surface area contributed by atoms with Crippen LogP contribution in [0.2, 0.25) is 0 Å². The molecule has 0 aromatic heterocycles. The Morgan fingerprint density at radius 2 is 1.93 bits per heavy atom. The minimum absolute atomic E-state index is 0.243. The van der Waals surface area contributed by atoms with E-state index >= 15 is 0 Å². The zero-order chi connectivity index (χ0) is 20.1. The molecule has 8 atom stereocenters. The SMILES string of the molecule is NC1CCCCC1NC1OC1CCCCCNC(O)C1CCC2CCCNC2C1. The predicted molar refractivity (Wildman–Crippen MR) is 116 cm³/mol. The summed E-state index contributed by atoms with van der Waals surface area (Å²) in [6, 6.07) is 1.39. The molecule has 2 heterocycles. The second-order valence-corrected chi connectivity index (χ2v) is 10.1. The summed E-state index contributed by atoms with van der Waals surface area (Å²) in [5.74, 6) is 1.27. The molecule has 4 aliphatic rings. The van der Waals surface area contributed by atoms with E-state index in [1.807, 2.05) is 0 Å². The lowest BCUT2D eigenvalue weighted by molar-refractivity contribution is 0.0291. The van der Waals surface area contributed by atoms with Gasteiger partial charge < -0.3 is 20.9 Å². The van der Waals surface area contributed by atoms with Gasteiger partial charge in [0.05, 0.1) is 6.10 Å². The van der Waals surface area contributed by atoms with Crippen molar-refractivity contribution in [1.82, 2.24) is 16.0 Å². The molecule has 4 rings (SSSR count). The maximum absolute atomic E-state index is 10.6. The van der Waals surface area contributed by atoms with Crippen LogP contribution >= 0.6 is 0 Å². The Bertz CT molecular complexity index is 493. The number of hydrogen-bond acceptors (Lipinski definition) is 6. The normalized spacial score (nSPS) is 41.0. The number of fused-ring (bicyclic) bond motifs is 1. The third-order valence-corrected chi connectivity index (χ3v) is 7.94. The average Bonchev–Trinajstić information content (AvgIpc) is 3.49. The van der Waals surface area contributed by atoms with Crippen molar-refractivity contribution in [1.29, 1.82) is 0 Å². The largest absolute Gasteiger partial charge is 0.378 e. The Hall–Kier alpha value is -0.240. The molecule has 0 spiro atoms. The van der Waals surface area contributed by atoms with Crippen LogP contribution in [-0.2, 0) is 4.74 Å². The van der Waals surface area contributed by atoms with E-state index in [0.717, 1.165) is 44.7 Å². The van der Waals surface area contributed by atoms with Crippen LogP contribution in [0.25, 0.3) is 0 Å². The lowest BCUT2D eigenvalue weighted by Crippen LogP contribution is -2.49. The number of nitrogens with two attached hydrogens (primary N) is 1. The molecule has 0 aromatic carbocycles. The van der Waals surface area contributed by atoms with Crippen LogP contribution in [-0.4, -0.2) is 54.9 Å². The monoisotopic (exact) mass is 408 g/mol. The van der Waals surface area contributed by atoms with E-state index in [4.69, 9.17) is 10.5 Å². The summed E-state index contributed by atoms with van der Waals surface area (Å²) in [5.41, 5.74) is 6.22. The number of aliphatic hydroxyl groups is 1. The number of epoxide rings is 1. The summed E-state index contributed by atoms with van der Waals surface area (Å²) in [6.45, 7) is 2.08. The molecule has 2 aliphatic carbocycles. The lowest BCUT2D eigenvalue weighted by Gasteiger charge is -2.41. The van der Waals surface area contributed by atoms with E-state index in [1.54, 1.807) is 0 Å². The number of hydrogen-bond donors (Lipinski definition) is 5. The number of rotatable bonds is 10. The van der Waals surface area contributed by atoms with E-state index in [9.17, 15) is 5.11 Å². The Labute approximate surface area is 177 Å². The Kier molecular flexibility index (Phi) is 8.24. The van der Waals surface area contributed by atoms with Crippen molar-refractivity contribution in [3.05, 3.63) is 0 Å². The first-order chi connectivity index (χ1) is 14.2. The Morgan fingerprint density at radius 3 is 2.83 bits per heavy atom. The first kappa shape index (κ1) is 22.0. The molecule has 4 fully saturated rings. The van der Waals surface area contributed by atoms with E-state index < -0.39 is 0 Å². The minimum atomic E-state index is -0.334. The van der Waals surface area contributed by atoms with Gasteiger partial charge in [0.15, 0.2) is 0 Å². The fourth-order valence-corrected chi connectivity index (χ4v) is 5.95. The number of unbranched alkanes of at least 4 members (excludes halogenated alkanes) is 2. The van der Waals surface area contributed by atoms with Crippen LogP contribution in [0.5, 0.6) is 0 Å². The highest BCUT2D eigenvalue weighted by molar-refractivity contribution is 4.91. The second kappa shape index (κ2) is 10.9. The molecule has 2 saturated heterocycles. The molecule has 8 unspecified atom stereocenters. The van der Waals surface area contributed by atoms with Gasteiger partial charge in [-0.1, -0.05) is 25.7 Å². The van der Waals surface area contributed by atoms with E-state index in [0.29, 0.717) is 30.1 Å². The van der Waals surface area contributed by atoms with Crippen molar-refractivity contribution in [2.75, 3.05) is 13.1 Å². The molecule has 2 saturated carbocycles. The second-order valence-electron chi connectivity index (χ2n) is 10.1. The van der Waals surface area contributed by atoms with E-state index in [1.165, 1.54) is 57.8 Å². The summed E-state index contributed by atoms with van der Waals surface area (Å²) in [4.78, 5) is 0. The van der Waals surface area contributed by atoms with Crippen molar-refractivity contribution in [3.8, 4) is 0 Å².